The van der Waals surface area contributed by atoms with Crippen LogP contribution in [0.25, 0.3) is 0 Å². The number of nitrogens with one attached hydrogen (secondary N) is 1. The van der Waals surface area contributed by atoms with E-state index in [2.05, 4.69) is 43.4 Å². The normalized spacial score (nSPS) is 18.4. The molecule has 0 aromatic heterocycles. The monoisotopic (exact) mass is 246 g/mol. The van der Waals surface area contributed by atoms with Gasteiger partial charge in [-0.1, -0.05) is 51.0 Å². The summed E-state index contributed by atoms with van der Waals surface area (Å²) in [6.07, 6.45) is 5.34. The molecule has 0 radical (unpaired) electrons. The van der Waals surface area contributed by atoms with Gasteiger partial charge in [0, 0.05) is 18.6 Å². The van der Waals surface area contributed by atoms with Gasteiger partial charge in [-0.2, -0.15) is 0 Å². The molecule has 1 aromatic rings. The molecule has 1 fully saturated rings. The van der Waals surface area contributed by atoms with Crippen LogP contribution in [0, 0.1) is 0 Å². The van der Waals surface area contributed by atoms with Gasteiger partial charge in [0.2, 0.25) is 0 Å². The topological polar surface area (TPSA) is 38.0 Å². The van der Waals surface area contributed by atoms with E-state index < -0.39 is 0 Å². The third kappa shape index (κ3) is 3.33. The first kappa shape index (κ1) is 13.6. The van der Waals surface area contributed by atoms with Gasteiger partial charge in [-0.3, -0.25) is 0 Å². The number of rotatable bonds is 5. The van der Waals surface area contributed by atoms with Crippen molar-refractivity contribution in [3.05, 3.63) is 35.4 Å². The zero-order chi connectivity index (χ0) is 13.0. The zero-order valence-electron chi connectivity index (χ0n) is 11.7. The largest absolute Gasteiger partial charge is 0.329 e. The maximum Gasteiger partial charge on any atom is 0.0446 e. The van der Waals surface area contributed by atoms with Gasteiger partial charge >= 0.3 is 0 Å². The summed E-state index contributed by atoms with van der Waals surface area (Å²) in [5.41, 5.74) is 8.64. The highest BCUT2D eigenvalue weighted by Crippen LogP contribution is 2.23. The van der Waals surface area contributed by atoms with Crippen LogP contribution >= 0.6 is 0 Å². The fourth-order valence-electron chi connectivity index (χ4n) is 2.79. The van der Waals surface area contributed by atoms with Gasteiger partial charge in [0.05, 0.1) is 0 Å². The molecule has 1 aliphatic carbocycles. The average molecular weight is 246 g/mol. The lowest BCUT2D eigenvalue weighted by atomic mass is 9.98. The van der Waals surface area contributed by atoms with Crippen LogP contribution in [0.3, 0.4) is 0 Å². The highest BCUT2D eigenvalue weighted by Gasteiger charge is 2.19. The molecule has 3 N–H and O–H groups in total. The lowest BCUT2D eigenvalue weighted by Gasteiger charge is -2.22. The Kier molecular flexibility index (Phi) is 4.79. The SMILES string of the molecule is CC(C)c1ccc(C(CN)NC2CCCC2)cc1. The predicted octanol–water partition coefficient (Wildman–Crippen LogP) is 3.34. The predicted molar refractivity (Wildman–Crippen MR) is 77.7 cm³/mol. The van der Waals surface area contributed by atoms with Crippen molar-refractivity contribution in [2.24, 2.45) is 5.73 Å². The summed E-state index contributed by atoms with van der Waals surface area (Å²) in [5.74, 6) is 0.596. The lowest BCUT2D eigenvalue weighted by Crippen LogP contribution is -2.35. The van der Waals surface area contributed by atoms with Gasteiger partial charge in [-0.25, -0.2) is 0 Å². The van der Waals surface area contributed by atoms with E-state index in [0.29, 0.717) is 24.5 Å². The maximum absolute atomic E-state index is 5.92. The minimum absolute atomic E-state index is 0.314. The van der Waals surface area contributed by atoms with Crippen LogP contribution in [0.15, 0.2) is 24.3 Å². The second kappa shape index (κ2) is 6.35. The summed E-state index contributed by atoms with van der Waals surface area (Å²) in [5, 5.41) is 3.71. The van der Waals surface area contributed by atoms with Crippen molar-refractivity contribution in [2.45, 2.75) is 57.5 Å². The van der Waals surface area contributed by atoms with Crippen molar-refractivity contribution in [1.29, 1.82) is 0 Å². The van der Waals surface area contributed by atoms with Gasteiger partial charge in [-0.15, -0.1) is 0 Å². The first-order chi connectivity index (χ1) is 8.70. The quantitative estimate of drug-likeness (QED) is 0.836. The molecule has 0 bridgehead atoms. The molecule has 1 atom stereocenters. The summed E-state index contributed by atoms with van der Waals surface area (Å²) < 4.78 is 0. The summed E-state index contributed by atoms with van der Waals surface area (Å²) in [6, 6.07) is 9.92. The molecule has 0 spiro atoms. The molecule has 0 aliphatic heterocycles. The van der Waals surface area contributed by atoms with E-state index in [4.69, 9.17) is 5.73 Å². The molecule has 2 heteroatoms. The number of hydrogen-bond acceptors (Lipinski definition) is 2. The maximum atomic E-state index is 5.92. The van der Waals surface area contributed by atoms with Crippen molar-refractivity contribution in [3.8, 4) is 0 Å². The first-order valence-electron chi connectivity index (χ1n) is 7.26. The van der Waals surface area contributed by atoms with Crippen molar-refractivity contribution >= 4 is 0 Å². The third-order valence-electron chi connectivity index (χ3n) is 4.03. The molecule has 0 saturated heterocycles. The summed E-state index contributed by atoms with van der Waals surface area (Å²) >= 11 is 0. The van der Waals surface area contributed by atoms with E-state index in [1.807, 2.05) is 0 Å². The standard InChI is InChI=1S/C16H26N2/c1-12(2)13-7-9-14(10-8-13)16(11-17)18-15-5-3-4-6-15/h7-10,12,15-16,18H,3-6,11,17H2,1-2H3. The fraction of sp³-hybridized carbons (Fsp3) is 0.625. The van der Waals surface area contributed by atoms with Crippen LogP contribution in [0.2, 0.25) is 0 Å². The Balaban J connectivity index is 2.02. The van der Waals surface area contributed by atoms with E-state index >= 15 is 0 Å². The van der Waals surface area contributed by atoms with Crippen molar-refractivity contribution in [1.82, 2.24) is 5.32 Å². The number of benzene rings is 1. The lowest BCUT2D eigenvalue weighted by molar-refractivity contribution is 0.444. The van der Waals surface area contributed by atoms with Crippen molar-refractivity contribution in [3.63, 3.8) is 0 Å². The molecule has 1 aromatic carbocycles. The molecular formula is C16H26N2. The highest BCUT2D eigenvalue weighted by molar-refractivity contribution is 5.27. The van der Waals surface area contributed by atoms with Crippen LogP contribution in [-0.2, 0) is 0 Å². The minimum Gasteiger partial charge on any atom is -0.329 e. The molecular weight excluding hydrogens is 220 g/mol. The Morgan fingerprint density at radius 1 is 1.11 bits per heavy atom. The fourth-order valence-corrected chi connectivity index (χ4v) is 2.79. The molecule has 1 unspecified atom stereocenters. The Labute approximate surface area is 111 Å². The van der Waals surface area contributed by atoms with Gasteiger partial charge in [0.25, 0.3) is 0 Å². The molecule has 2 rings (SSSR count). The Bertz CT molecular complexity index is 350. The van der Waals surface area contributed by atoms with Gasteiger partial charge in [0.1, 0.15) is 0 Å². The second-order valence-corrected chi connectivity index (χ2v) is 5.76. The highest BCUT2D eigenvalue weighted by atomic mass is 15.0. The van der Waals surface area contributed by atoms with Gasteiger partial charge in [0.15, 0.2) is 0 Å². The molecule has 1 saturated carbocycles. The van der Waals surface area contributed by atoms with E-state index in [1.54, 1.807) is 0 Å². The molecule has 0 amide bonds. The summed E-state index contributed by atoms with van der Waals surface area (Å²) in [4.78, 5) is 0. The van der Waals surface area contributed by atoms with Crippen molar-refractivity contribution < 1.29 is 0 Å². The number of nitrogens with two attached hydrogens (primary N) is 1. The van der Waals surface area contributed by atoms with Crippen LogP contribution in [0.1, 0.15) is 62.6 Å². The Morgan fingerprint density at radius 2 is 1.67 bits per heavy atom. The van der Waals surface area contributed by atoms with E-state index in [9.17, 15) is 0 Å². The minimum atomic E-state index is 0.314. The Morgan fingerprint density at radius 3 is 2.17 bits per heavy atom. The second-order valence-electron chi connectivity index (χ2n) is 5.76. The molecule has 100 valence electrons. The average Bonchev–Trinajstić information content (AvgIpc) is 2.89. The summed E-state index contributed by atoms with van der Waals surface area (Å²) in [7, 11) is 0. The van der Waals surface area contributed by atoms with Crippen LogP contribution in [0.4, 0.5) is 0 Å². The smallest absolute Gasteiger partial charge is 0.0446 e. The van der Waals surface area contributed by atoms with Crippen LogP contribution in [0.5, 0.6) is 0 Å². The Hall–Kier alpha value is -0.860. The van der Waals surface area contributed by atoms with Crippen LogP contribution in [-0.4, -0.2) is 12.6 Å². The molecule has 1 aliphatic rings. The van der Waals surface area contributed by atoms with Gasteiger partial charge < -0.3 is 11.1 Å². The van der Waals surface area contributed by atoms with E-state index in [0.717, 1.165) is 0 Å². The summed E-state index contributed by atoms with van der Waals surface area (Å²) in [6.45, 7) is 5.13. The molecule has 18 heavy (non-hydrogen) atoms. The first-order valence-corrected chi connectivity index (χ1v) is 7.26. The molecule has 2 nitrogen and oxygen atoms in total. The van der Waals surface area contributed by atoms with Gasteiger partial charge in [-0.05, 0) is 29.9 Å². The van der Waals surface area contributed by atoms with Crippen molar-refractivity contribution in [2.75, 3.05) is 6.54 Å². The van der Waals surface area contributed by atoms with E-state index in [-0.39, 0.29) is 0 Å². The third-order valence-corrected chi connectivity index (χ3v) is 4.03. The zero-order valence-corrected chi connectivity index (χ0v) is 11.7. The van der Waals surface area contributed by atoms with E-state index in [1.165, 1.54) is 36.8 Å². The molecule has 0 heterocycles. The number of hydrogen-bond donors (Lipinski definition) is 2. The van der Waals surface area contributed by atoms with Crippen LogP contribution < -0.4 is 11.1 Å².